The van der Waals surface area contributed by atoms with E-state index in [0.29, 0.717) is 0 Å². The fraction of sp³-hybridized carbons (Fsp3) is 0.481. The second-order valence-corrected chi connectivity index (χ2v) is 11.8. The molecule has 19 nitrogen and oxygen atoms in total. The van der Waals surface area contributed by atoms with E-state index in [4.69, 9.17) is 36.7 Å². The number of hydrogen-bond donors (Lipinski definition) is 0. The highest BCUT2D eigenvalue weighted by atomic mass is 32.2. The van der Waals surface area contributed by atoms with Gasteiger partial charge in [0.2, 0.25) is 6.10 Å². The fourth-order valence-corrected chi connectivity index (χ4v) is 4.61. The van der Waals surface area contributed by atoms with Gasteiger partial charge in [-0.05, 0) is 6.07 Å². The first-order chi connectivity index (χ1) is 23.1. The summed E-state index contributed by atoms with van der Waals surface area (Å²) >= 11 is 0. The fourth-order valence-electron chi connectivity index (χ4n) is 4.61. The van der Waals surface area contributed by atoms with Gasteiger partial charge in [-0.1, -0.05) is 0 Å². The molecule has 0 unspecified atom stereocenters. The highest BCUT2D eigenvalue weighted by Crippen LogP contribution is 2.31. The Bertz CT molecular complexity index is 2010. The molecule has 1 aliphatic heterocycles. The number of halogens is 3. The van der Waals surface area contributed by atoms with E-state index in [1.165, 1.54) is 72.4 Å². The molecule has 1 saturated heterocycles. The summed E-state index contributed by atoms with van der Waals surface area (Å²) in [5, 5.41) is 0. The minimum absolute atomic E-state index is 0.0671. The summed E-state index contributed by atoms with van der Waals surface area (Å²) in [6, 6.07) is 2.98. The zero-order valence-corrected chi connectivity index (χ0v) is 27.6. The van der Waals surface area contributed by atoms with E-state index in [0.717, 1.165) is 4.57 Å². The molecule has 0 saturated carbocycles. The van der Waals surface area contributed by atoms with E-state index in [2.05, 4.69) is 4.98 Å². The van der Waals surface area contributed by atoms with Gasteiger partial charge in [0.25, 0.3) is 5.56 Å². The molecular formula is C27H30F3N5O14S. The van der Waals surface area contributed by atoms with Crippen LogP contribution in [0.5, 0.6) is 0 Å². The average molecular weight is 738 g/mol. The lowest BCUT2D eigenvalue weighted by Gasteiger charge is -2.21. The Morgan fingerprint density at radius 1 is 1.02 bits per heavy atom. The van der Waals surface area contributed by atoms with Crippen LogP contribution in [0.25, 0.3) is 11.2 Å². The van der Waals surface area contributed by atoms with Crippen LogP contribution in [0.4, 0.5) is 13.2 Å². The van der Waals surface area contributed by atoms with Crippen LogP contribution in [0, 0.1) is 0 Å². The molecule has 1 fully saturated rings. The van der Waals surface area contributed by atoms with Gasteiger partial charge in [0.05, 0.1) is 12.9 Å². The standard InChI is InChI=1S/C26H30N5O11.CHF3O3S/c1-14(32)39-12-18-20(40-15(2)33)21(41-16(3)34)24(42-18)30-8-6-7-17(11-30)25(36)38-10-9-31-23(35)19-22(27-13-28(19)4)29(5)26(31)37;2-1(3,4)8(5,6)7/h6-8,11,13,18,20-21,24H,9-10,12H2,1-5H3;(H,5,6,7)/q+1;/p-1/t18-,20-,21-,24-;/m1./s1. The molecule has 4 rings (SSSR count). The molecule has 274 valence electrons. The van der Waals surface area contributed by atoms with E-state index in [1.54, 1.807) is 7.05 Å². The van der Waals surface area contributed by atoms with E-state index in [1.807, 2.05) is 0 Å². The van der Waals surface area contributed by atoms with Crippen LogP contribution in [0.3, 0.4) is 0 Å². The number of carbonyl (C=O) groups is 4. The van der Waals surface area contributed by atoms with Gasteiger partial charge in [0, 0.05) is 40.9 Å². The van der Waals surface area contributed by atoms with Crippen molar-refractivity contribution < 1.29 is 73.6 Å². The summed E-state index contributed by atoms with van der Waals surface area (Å²) in [6.07, 6.45) is 0.0170. The Balaban J connectivity index is 0.000000753. The van der Waals surface area contributed by atoms with Crippen molar-refractivity contribution in [2.24, 2.45) is 14.1 Å². The summed E-state index contributed by atoms with van der Waals surface area (Å²) in [6.45, 7) is 2.77. The van der Waals surface area contributed by atoms with Crippen LogP contribution in [0.2, 0.25) is 0 Å². The maximum atomic E-state index is 12.9. The highest BCUT2D eigenvalue weighted by molar-refractivity contribution is 7.86. The first-order valence-electron chi connectivity index (χ1n) is 14.1. The lowest BCUT2D eigenvalue weighted by atomic mass is 10.1. The number of ether oxygens (including phenoxy) is 5. The van der Waals surface area contributed by atoms with E-state index in [-0.39, 0.29) is 36.5 Å². The number of fused-ring (bicyclic) bond motifs is 1. The number of pyridine rings is 1. The number of hydrogen-bond acceptors (Lipinski definition) is 15. The molecule has 0 aliphatic carbocycles. The smallest absolute Gasteiger partial charge is 0.485 e. The van der Waals surface area contributed by atoms with E-state index >= 15 is 0 Å². The number of alkyl halides is 3. The minimum atomic E-state index is -6.09. The maximum absolute atomic E-state index is 12.9. The number of aryl methyl sites for hydroxylation is 2. The Morgan fingerprint density at radius 3 is 2.18 bits per heavy atom. The molecule has 0 amide bonds. The molecule has 4 atom stereocenters. The Morgan fingerprint density at radius 2 is 1.62 bits per heavy atom. The van der Waals surface area contributed by atoms with Gasteiger partial charge in [0.1, 0.15) is 24.9 Å². The zero-order valence-electron chi connectivity index (χ0n) is 26.8. The third-order valence-electron chi connectivity index (χ3n) is 6.72. The van der Waals surface area contributed by atoms with Gasteiger partial charge < -0.3 is 32.8 Å². The number of carbonyl (C=O) groups excluding carboxylic acids is 4. The average Bonchev–Trinajstić information content (AvgIpc) is 3.55. The molecular weight excluding hydrogens is 707 g/mol. The van der Waals surface area contributed by atoms with Crippen molar-refractivity contribution in [3.05, 3.63) is 57.3 Å². The molecule has 0 N–H and O–H groups in total. The number of imidazole rings is 1. The molecule has 0 bridgehead atoms. The first-order valence-corrected chi connectivity index (χ1v) is 15.5. The third-order valence-corrected chi connectivity index (χ3v) is 7.29. The number of nitrogens with zero attached hydrogens (tertiary/aromatic N) is 5. The second kappa shape index (κ2) is 15.6. The number of aromatic nitrogens is 5. The monoisotopic (exact) mass is 737 g/mol. The van der Waals surface area contributed by atoms with Crippen LogP contribution >= 0.6 is 0 Å². The van der Waals surface area contributed by atoms with Crippen LogP contribution in [-0.2, 0) is 68.8 Å². The molecule has 50 heavy (non-hydrogen) atoms. The Kier molecular flexibility index (Phi) is 12.2. The second-order valence-electron chi connectivity index (χ2n) is 10.4. The molecule has 0 spiro atoms. The molecule has 3 aromatic heterocycles. The zero-order chi connectivity index (χ0) is 37.7. The predicted molar refractivity (Wildman–Crippen MR) is 155 cm³/mol. The maximum Gasteiger partial charge on any atom is 0.485 e. The van der Waals surface area contributed by atoms with Crippen molar-refractivity contribution in [3.8, 4) is 0 Å². The quantitative estimate of drug-likeness (QED) is 0.0838. The van der Waals surface area contributed by atoms with Crippen LogP contribution < -0.4 is 15.8 Å². The van der Waals surface area contributed by atoms with Crippen LogP contribution in [-0.4, -0.2) is 92.6 Å². The summed E-state index contributed by atoms with van der Waals surface area (Å²) in [5.41, 5.74) is -6.29. The van der Waals surface area contributed by atoms with E-state index in [9.17, 15) is 41.9 Å². The van der Waals surface area contributed by atoms with Crippen molar-refractivity contribution in [1.82, 2.24) is 18.7 Å². The lowest BCUT2D eigenvalue weighted by Crippen LogP contribution is -2.48. The van der Waals surface area contributed by atoms with Gasteiger partial charge in [-0.25, -0.2) is 23.0 Å². The molecule has 23 heteroatoms. The predicted octanol–water partition coefficient (Wildman–Crippen LogP) is -1.05. The van der Waals surface area contributed by atoms with Gasteiger partial charge in [-0.15, -0.1) is 0 Å². The Hall–Kier alpha value is -5.16. The van der Waals surface area contributed by atoms with Crippen molar-refractivity contribution in [2.45, 2.75) is 57.4 Å². The Labute approximate surface area is 279 Å². The lowest BCUT2D eigenvalue weighted by molar-refractivity contribution is -0.765. The van der Waals surface area contributed by atoms with E-state index < -0.39 is 75.3 Å². The number of rotatable bonds is 9. The summed E-state index contributed by atoms with van der Waals surface area (Å²) in [5.74, 6) is -2.72. The van der Waals surface area contributed by atoms with Gasteiger partial charge >= 0.3 is 41.3 Å². The van der Waals surface area contributed by atoms with Crippen LogP contribution in [0.1, 0.15) is 37.4 Å². The summed E-state index contributed by atoms with van der Waals surface area (Å²) in [4.78, 5) is 77.6. The van der Waals surface area contributed by atoms with Crippen molar-refractivity contribution in [3.63, 3.8) is 0 Å². The normalized spacial score (nSPS) is 18.9. The molecule has 3 aromatic rings. The van der Waals surface area contributed by atoms with Gasteiger partial charge in [-0.2, -0.15) is 17.7 Å². The molecule has 1 aliphatic rings. The molecule has 4 heterocycles. The highest BCUT2D eigenvalue weighted by Gasteiger charge is 2.54. The third kappa shape index (κ3) is 9.29. The van der Waals surface area contributed by atoms with Crippen molar-refractivity contribution in [1.29, 1.82) is 0 Å². The summed E-state index contributed by atoms with van der Waals surface area (Å²) in [7, 11) is -2.98. The summed E-state index contributed by atoms with van der Waals surface area (Å²) < 4.78 is 91.1. The van der Waals surface area contributed by atoms with Crippen molar-refractivity contribution in [2.75, 3.05) is 13.2 Å². The van der Waals surface area contributed by atoms with Gasteiger partial charge in [0.15, 0.2) is 39.8 Å². The van der Waals surface area contributed by atoms with Crippen LogP contribution in [0.15, 0.2) is 40.4 Å². The minimum Gasteiger partial charge on any atom is -0.741 e. The molecule has 0 radical (unpaired) electrons. The number of esters is 4. The molecule has 0 aromatic carbocycles. The largest absolute Gasteiger partial charge is 0.741 e. The first kappa shape index (κ1) is 39.3. The SMILES string of the molecule is CC(=O)OC[C@H]1O[C@@H]([n+]2cccc(C(=O)OCCn3c(=O)c4c(ncn4C)n(C)c3=O)c2)[C@H](OC(C)=O)[C@@H]1OC(C)=O.O=S(=O)([O-])C(F)(F)F. The topological polar surface area (TPSA) is 237 Å². The van der Waals surface area contributed by atoms with Crippen molar-refractivity contribution >= 4 is 45.2 Å². The van der Waals surface area contributed by atoms with Gasteiger partial charge in [-0.3, -0.25) is 28.3 Å².